The highest BCUT2D eigenvalue weighted by Gasteiger charge is 2.25. The number of benzene rings is 2. The van der Waals surface area contributed by atoms with Crippen LogP contribution in [0.15, 0.2) is 65.7 Å². The van der Waals surface area contributed by atoms with E-state index in [9.17, 15) is 0 Å². The zero-order valence-corrected chi connectivity index (χ0v) is 14.0. The molecular weight excluding hydrogens is 282 g/mol. The van der Waals surface area contributed by atoms with Gasteiger partial charge < -0.3 is 10.2 Å². The summed E-state index contributed by atoms with van der Waals surface area (Å²) in [5.74, 6) is 1.01. The Morgan fingerprint density at radius 2 is 1.43 bits per heavy atom. The molecule has 0 atom stereocenters. The molecule has 23 heavy (non-hydrogen) atoms. The quantitative estimate of drug-likeness (QED) is 0.933. The zero-order chi connectivity index (χ0) is 16.1. The zero-order valence-electron chi connectivity index (χ0n) is 14.0. The third kappa shape index (κ3) is 4.35. The van der Waals surface area contributed by atoms with Crippen LogP contribution in [0.5, 0.6) is 0 Å². The summed E-state index contributed by atoms with van der Waals surface area (Å²) in [6.45, 7) is 8.06. The molecule has 3 nitrogen and oxygen atoms in total. The number of nitrogens with zero attached hydrogens (tertiary/aromatic N) is 2. The Bertz CT molecular complexity index is 606. The third-order valence-corrected chi connectivity index (χ3v) is 4.11. The largest absolute Gasteiger partial charge is 0.356 e. The second kappa shape index (κ2) is 6.86. The van der Waals surface area contributed by atoms with E-state index in [-0.39, 0.29) is 5.41 Å². The number of guanidine groups is 1. The molecule has 1 heterocycles. The minimum atomic E-state index is 0.231. The molecule has 1 aliphatic heterocycles. The van der Waals surface area contributed by atoms with Gasteiger partial charge >= 0.3 is 0 Å². The first-order chi connectivity index (χ1) is 11.1. The molecule has 1 aliphatic rings. The highest BCUT2D eigenvalue weighted by Crippen LogP contribution is 2.19. The lowest BCUT2D eigenvalue weighted by Crippen LogP contribution is -2.48. The lowest BCUT2D eigenvalue weighted by molar-refractivity contribution is 0.319. The van der Waals surface area contributed by atoms with Crippen molar-refractivity contribution in [2.24, 2.45) is 10.4 Å². The average Bonchev–Trinajstić information content (AvgIpc) is 2.56. The predicted octanol–water partition coefficient (Wildman–Crippen LogP) is 3.67. The summed E-state index contributed by atoms with van der Waals surface area (Å²) < 4.78 is 0. The van der Waals surface area contributed by atoms with E-state index in [0.717, 1.165) is 32.1 Å². The first kappa shape index (κ1) is 15.6. The van der Waals surface area contributed by atoms with E-state index in [2.05, 4.69) is 84.7 Å². The first-order valence-electron chi connectivity index (χ1n) is 8.24. The van der Waals surface area contributed by atoms with E-state index < -0.39 is 0 Å². The summed E-state index contributed by atoms with van der Waals surface area (Å²) in [5, 5.41) is 3.53. The van der Waals surface area contributed by atoms with Gasteiger partial charge in [0.15, 0.2) is 5.96 Å². The highest BCUT2D eigenvalue weighted by atomic mass is 15.3. The topological polar surface area (TPSA) is 27.6 Å². The Morgan fingerprint density at radius 1 is 0.913 bits per heavy atom. The maximum Gasteiger partial charge on any atom is 0.194 e. The molecule has 120 valence electrons. The van der Waals surface area contributed by atoms with Gasteiger partial charge in [0.25, 0.3) is 0 Å². The second-order valence-electron chi connectivity index (χ2n) is 6.98. The van der Waals surface area contributed by atoms with Gasteiger partial charge in [0, 0.05) is 31.6 Å². The van der Waals surface area contributed by atoms with E-state index in [0.29, 0.717) is 0 Å². The number of nitrogens with one attached hydrogen (secondary N) is 1. The van der Waals surface area contributed by atoms with Gasteiger partial charge in [-0.1, -0.05) is 74.5 Å². The van der Waals surface area contributed by atoms with E-state index in [1.807, 2.05) is 0 Å². The summed E-state index contributed by atoms with van der Waals surface area (Å²) in [6, 6.07) is 21.2. The standard InChI is InChI=1S/C20H25N3/c1-20(2)15-21-19(22-16-20)23(13-17-9-5-3-6-10-17)14-18-11-7-4-8-12-18/h3-12H,13-16H2,1-2H3,(H,21,22). The molecule has 0 radical (unpaired) electrons. The normalized spacial score (nSPS) is 16.3. The van der Waals surface area contributed by atoms with Crippen LogP contribution in [0.1, 0.15) is 25.0 Å². The van der Waals surface area contributed by atoms with Gasteiger partial charge in [-0.05, 0) is 11.1 Å². The van der Waals surface area contributed by atoms with E-state index in [1.165, 1.54) is 11.1 Å². The fourth-order valence-corrected chi connectivity index (χ4v) is 2.74. The van der Waals surface area contributed by atoms with Crippen LogP contribution in [0.25, 0.3) is 0 Å². The van der Waals surface area contributed by atoms with Crippen LogP contribution >= 0.6 is 0 Å². The maximum absolute atomic E-state index is 4.81. The van der Waals surface area contributed by atoms with Crippen molar-refractivity contribution in [1.29, 1.82) is 0 Å². The van der Waals surface area contributed by atoms with Crippen molar-refractivity contribution in [2.75, 3.05) is 13.1 Å². The van der Waals surface area contributed by atoms with Gasteiger partial charge in [0.2, 0.25) is 0 Å². The number of hydrogen-bond donors (Lipinski definition) is 1. The molecule has 0 bridgehead atoms. The Labute approximate surface area is 139 Å². The smallest absolute Gasteiger partial charge is 0.194 e. The summed E-state index contributed by atoms with van der Waals surface area (Å²) in [7, 11) is 0. The Balaban J connectivity index is 1.80. The number of rotatable bonds is 4. The molecule has 0 aromatic heterocycles. The molecule has 0 aliphatic carbocycles. The molecule has 3 heteroatoms. The van der Waals surface area contributed by atoms with Gasteiger partial charge in [-0.25, -0.2) is 0 Å². The van der Waals surface area contributed by atoms with Crippen LogP contribution < -0.4 is 5.32 Å². The SMILES string of the molecule is CC1(C)CN=C(N(Cc2ccccc2)Cc2ccccc2)NC1. The van der Waals surface area contributed by atoms with Crippen molar-refractivity contribution in [2.45, 2.75) is 26.9 Å². The van der Waals surface area contributed by atoms with Gasteiger partial charge in [-0.3, -0.25) is 4.99 Å². The molecule has 3 rings (SSSR count). The van der Waals surface area contributed by atoms with Crippen LogP contribution in [-0.4, -0.2) is 23.9 Å². The van der Waals surface area contributed by atoms with Crippen LogP contribution in [0, 0.1) is 5.41 Å². The first-order valence-corrected chi connectivity index (χ1v) is 8.24. The van der Waals surface area contributed by atoms with Gasteiger partial charge in [-0.2, -0.15) is 0 Å². The van der Waals surface area contributed by atoms with Crippen molar-refractivity contribution in [1.82, 2.24) is 10.2 Å². The Kier molecular flexibility index (Phi) is 4.65. The molecule has 0 saturated heterocycles. The van der Waals surface area contributed by atoms with Gasteiger partial charge in [0.05, 0.1) is 0 Å². The monoisotopic (exact) mass is 307 g/mol. The van der Waals surface area contributed by atoms with Crippen molar-refractivity contribution in [3.63, 3.8) is 0 Å². The fraction of sp³-hybridized carbons (Fsp3) is 0.350. The Morgan fingerprint density at radius 3 is 1.87 bits per heavy atom. The lowest BCUT2D eigenvalue weighted by atomic mass is 9.93. The average molecular weight is 307 g/mol. The van der Waals surface area contributed by atoms with Gasteiger partial charge in [0.1, 0.15) is 0 Å². The van der Waals surface area contributed by atoms with Crippen LogP contribution in [-0.2, 0) is 13.1 Å². The molecule has 2 aromatic carbocycles. The summed E-state index contributed by atoms with van der Waals surface area (Å²) >= 11 is 0. The second-order valence-corrected chi connectivity index (χ2v) is 6.98. The van der Waals surface area contributed by atoms with Crippen LogP contribution in [0.2, 0.25) is 0 Å². The summed E-state index contributed by atoms with van der Waals surface area (Å²) in [5.41, 5.74) is 2.84. The maximum atomic E-state index is 4.81. The van der Waals surface area contributed by atoms with Crippen molar-refractivity contribution in [3.8, 4) is 0 Å². The highest BCUT2D eigenvalue weighted by molar-refractivity contribution is 5.80. The molecule has 0 fully saturated rings. The molecular formula is C20H25N3. The van der Waals surface area contributed by atoms with Crippen LogP contribution in [0.3, 0.4) is 0 Å². The summed E-state index contributed by atoms with van der Waals surface area (Å²) in [6.07, 6.45) is 0. The molecule has 0 saturated carbocycles. The molecule has 0 unspecified atom stereocenters. The minimum Gasteiger partial charge on any atom is -0.356 e. The van der Waals surface area contributed by atoms with Crippen molar-refractivity contribution in [3.05, 3.63) is 71.8 Å². The minimum absolute atomic E-state index is 0.231. The van der Waals surface area contributed by atoms with E-state index in [1.54, 1.807) is 0 Å². The Hall–Kier alpha value is -2.29. The third-order valence-electron chi connectivity index (χ3n) is 4.11. The van der Waals surface area contributed by atoms with Gasteiger partial charge in [-0.15, -0.1) is 0 Å². The van der Waals surface area contributed by atoms with E-state index in [4.69, 9.17) is 4.99 Å². The van der Waals surface area contributed by atoms with E-state index >= 15 is 0 Å². The number of hydrogen-bond acceptors (Lipinski definition) is 3. The van der Waals surface area contributed by atoms with Crippen molar-refractivity contribution >= 4 is 5.96 Å². The number of aliphatic imine (C=N–C) groups is 1. The lowest BCUT2D eigenvalue weighted by Gasteiger charge is -2.34. The molecule has 1 N–H and O–H groups in total. The summed E-state index contributed by atoms with van der Waals surface area (Å²) in [4.78, 5) is 7.14. The van der Waals surface area contributed by atoms with Crippen molar-refractivity contribution < 1.29 is 0 Å². The molecule has 2 aromatic rings. The predicted molar refractivity (Wildman–Crippen MR) is 96.2 cm³/mol. The fourth-order valence-electron chi connectivity index (χ4n) is 2.74. The molecule has 0 amide bonds. The molecule has 0 spiro atoms. The van der Waals surface area contributed by atoms with Crippen LogP contribution in [0.4, 0.5) is 0 Å².